The van der Waals surface area contributed by atoms with Crippen molar-refractivity contribution in [3.05, 3.63) is 18.2 Å². The van der Waals surface area contributed by atoms with E-state index in [1.54, 1.807) is 0 Å². The lowest BCUT2D eigenvalue weighted by Gasteiger charge is -2.32. The molecule has 1 aliphatic heterocycles. The minimum Gasteiger partial charge on any atom is -0.489 e. The molecule has 6 nitrogen and oxygen atoms in total. The largest absolute Gasteiger partial charge is 0.489 e. The molecule has 136 valence electrons. The summed E-state index contributed by atoms with van der Waals surface area (Å²) in [6, 6.07) is 5.91. The van der Waals surface area contributed by atoms with E-state index in [2.05, 4.69) is 34.7 Å². The van der Waals surface area contributed by atoms with Gasteiger partial charge in [0.2, 0.25) is 0 Å². The van der Waals surface area contributed by atoms with E-state index in [1.807, 2.05) is 12.1 Å². The van der Waals surface area contributed by atoms with Crippen molar-refractivity contribution in [2.75, 3.05) is 76.7 Å². The predicted molar refractivity (Wildman–Crippen MR) is 99.9 cm³/mol. The Balaban J connectivity index is 1.77. The van der Waals surface area contributed by atoms with E-state index in [0.717, 1.165) is 76.0 Å². The highest BCUT2D eigenvalue weighted by Crippen LogP contribution is 2.33. The van der Waals surface area contributed by atoms with Gasteiger partial charge in [-0.15, -0.1) is 0 Å². The van der Waals surface area contributed by atoms with Crippen LogP contribution in [-0.4, -0.2) is 81.0 Å². The van der Waals surface area contributed by atoms with Crippen molar-refractivity contribution >= 4 is 11.4 Å². The molecule has 1 aliphatic rings. The van der Waals surface area contributed by atoms with Crippen LogP contribution < -0.4 is 15.4 Å². The van der Waals surface area contributed by atoms with Crippen LogP contribution in [0.3, 0.4) is 0 Å². The van der Waals surface area contributed by atoms with E-state index >= 15 is 0 Å². The molecular weight excluding hydrogens is 304 g/mol. The zero-order valence-corrected chi connectivity index (χ0v) is 15.1. The molecule has 2 rings (SSSR count). The number of nitrogens with two attached hydrogens (primary N) is 1. The third-order valence-corrected chi connectivity index (χ3v) is 4.57. The van der Waals surface area contributed by atoms with E-state index in [4.69, 9.17) is 15.6 Å². The SMILES string of the molecule is CCN(CCCN1CCOc2cc(N)ccc21)CCN(C)CCO. The van der Waals surface area contributed by atoms with Crippen LogP contribution in [0.15, 0.2) is 18.2 Å². The molecule has 0 fully saturated rings. The van der Waals surface area contributed by atoms with Crippen LogP contribution in [0.4, 0.5) is 11.4 Å². The molecule has 24 heavy (non-hydrogen) atoms. The van der Waals surface area contributed by atoms with Gasteiger partial charge >= 0.3 is 0 Å². The second kappa shape index (κ2) is 9.71. The van der Waals surface area contributed by atoms with Gasteiger partial charge in [-0.1, -0.05) is 6.92 Å². The minimum absolute atomic E-state index is 0.226. The fraction of sp³-hybridized carbons (Fsp3) is 0.667. The van der Waals surface area contributed by atoms with Crippen molar-refractivity contribution in [1.29, 1.82) is 0 Å². The normalized spacial score (nSPS) is 14.1. The third-order valence-electron chi connectivity index (χ3n) is 4.57. The Morgan fingerprint density at radius 2 is 2.08 bits per heavy atom. The minimum atomic E-state index is 0.226. The van der Waals surface area contributed by atoms with Crippen molar-refractivity contribution in [3.63, 3.8) is 0 Å². The molecule has 0 saturated carbocycles. The van der Waals surface area contributed by atoms with E-state index in [-0.39, 0.29) is 6.61 Å². The highest BCUT2D eigenvalue weighted by molar-refractivity contribution is 5.65. The van der Waals surface area contributed by atoms with Gasteiger partial charge in [-0.05, 0) is 38.7 Å². The molecule has 0 amide bonds. The Kier molecular flexibility index (Phi) is 7.62. The van der Waals surface area contributed by atoms with Gasteiger partial charge in [-0.2, -0.15) is 0 Å². The summed E-state index contributed by atoms with van der Waals surface area (Å²) >= 11 is 0. The van der Waals surface area contributed by atoms with Crippen LogP contribution in [0.25, 0.3) is 0 Å². The summed E-state index contributed by atoms with van der Waals surface area (Å²) < 4.78 is 5.71. The Morgan fingerprint density at radius 1 is 1.25 bits per heavy atom. The average molecular weight is 336 g/mol. The summed E-state index contributed by atoms with van der Waals surface area (Å²) in [4.78, 5) is 7.04. The van der Waals surface area contributed by atoms with Crippen molar-refractivity contribution in [2.24, 2.45) is 0 Å². The lowest BCUT2D eigenvalue weighted by Crippen LogP contribution is -2.37. The van der Waals surface area contributed by atoms with Gasteiger partial charge in [0.25, 0.3) is 0 Å². The zero-order valence-electron chi connectivity index (χ0n) is 15.1. The van der Waals surface area contributed by atoms with Crippen LogP contribution in [-0.2, 0) is 0 Å². The lowest BCUT2D eigenvalue weighted by molar-refractivity contribution is 0.192. The first-order valence-corrected chi connectivity index (χ1v) is 8.93. The Bertz CT molecular complexity index is 498. The number of aliphatic hydroxyl groups is 1. The van der Waals surface area contributed by atoms with Crippen LogP contribution in [0, 0.1) is 0 Å². The second-order valence-corrected chi connectivity index (χ2v) is 6.38. The Morgan fingerprint density at radius 3 is 2.83 bits per heavy atom. The van der Waals surface area contributed by atoms with Crippen LogP contribution in [0.5, 0.6) is 5.75 Å². The number of hydrogen-bond donors (Lipinski definition) is 2. The maximum Gasteiger partial charge on any atom is 0.144 e. The maximum absolute atomic E-state index is 8.96. The molecule has 1 heterocycles. The second-order valence-electron chi connectivity index (χ2n) is 6.38. The summed E-state index contributed by atoms with van der Waals surface area (Å²) in [5.41, 5.74) is 7.74. The number of fused-ring (bicyclic) bond motifs is 1. The Hall–Kier alpha value is -1.50. The van der Waals surface area contributed by atoms with Crippen molar-refractivity contribution in [3.8, 4) is 5.75 Å². The molecule has 0 aromatic heterocycles. The number of hydrogen-bond acceptors (Lipinski definition) is 6. The molecular formula is C18H32N4O2. The van der Waals surface area contributed by atoms with Gasteiger partial charge in [0.1, 0.15) is 12.4 Å². The number of anilines is 2. The molecule has 0 bridgehead atoms. The highest BCUT2D eigenvalue weighted by atomic mass is 16.5. The number of benzene rings is 1. The predicted octanol–water partition coefficient (Wildman–Crippen LogP) is 1.10. The van der Waals surface area contributed by atoms with Gasteiger partial charge in [0.05, 0.1) is 18.8 Å². The standard InChI is InChI=1S/C18H32N4O2/c1-3-21(10-9-20(2)11-13-23)7-4-8-22-12-14-24-18-15-16(19)5-6-17(18)22/h5-6,15,23H,3-4,7-14,19H2,1-2H3. The molecule has 6 heteroatoms. The van der Waals surface area contributed by atoms with E-state index in [9.17, 15) is 0 Å². The molecule has 0 saturated heterocycles. The number of nitrogen functional groups attached to an aromatic ring is 1. The lowest BCUT2D eigenvalue weighted by atomic mass is 10.2. The van der Waals surface area contributed by atoms with Crippen molar-refractivity contribution < 1.29 is 9.84 Å². The van der Waals surface area contributed by atoms with Crippen molar-refractivity contribution in [1.82, 2.24) is 9.80 Å². The molecule has 1 aromatic carbocycles. The fourth-order valence-electron chi connectivity index (χ4n) is 3.03. The number of rotatable bonds is 10. The van der Waals surface area contributed by atoms with Gasteiger partial charge in [-0.3, -0.25) is 0 Å². The average Bonchev–Trinajstić information content (AvgIpc) is 2.58. The molecule has 1 aromatic rings. The summed E-state index contributed by atoms with van der Waals surface area (Å²) in [6.45, 7) is 10.0. The molecule has 0 spiro atoms. The first kappa shape index (κ1) is 18.8. The van der Waals surface area contributed by atoms with Crippen molar-refractivity contribution in [2.45, 2.75) is 13.3 Å². The number of aliphatic hydroxyl groups excluding tert-OH is 1. The van der Waals surface area contributed by atoms with E-state index in [0.29, 0.717) is 0 Å². The first-order chi connectivity index (χ1) is 11.6. The zero-order chi connectivity index (χ0) is 17.4. The smallest absolute Gasteiger partial charge is 0.144 e. The molecule has 0 unspecified atom stereocenters. The van der Waals surface area contributed by atoms with Gasteiger partial charge in [-0.25, -0.2) is 0 Å². The highest BCUT2D eigenvalue weighted by Gasteiger charge is 2.18. The summed E-state index contributed by atoms with van der Waals surface area (Å²) in [5, 5.41) is 8.96. The van der Waals surface area contributed by atoms with E-state index in [1.165, 1.54) is 0 Å². The summed E-state index contributed by atoms with van der Waals surface area (Å²) in [6.07, 6.45) is 1.13. The van der Waals surface area contributed by atoms with Crippen LogP contribution >= 0.6 is 0 Å². The van der Waals surface area contributed by atoms with Gasteiger partial charge in [0, 0.05) is 37.9 Å². The topological polar surface area (TPSA) is 65.2 Å². The van der Waals surface area contributed by atoms with E-state index < -0.39 is 0 Å². The molecule has 0 atom stereocenters. The third kappa shape index (κ3) is 5.54. The van der Waals surface area contributed by atoms with Gasteiger partial charge in [0.15, 0.2) is 0 Å². The summed E-state index contributed by atoms with van der Waals surface area (Å²) in [7, 11) is 2.06. The number of likely N-dealkylation sites (N-methyl/N-ethyl adjacent to an activating group) is 2. The fourth-order valence-corrected chi connectivity index (χ4v) is 3.03. The monoisotopic (exact) mass is 336 g/mol. The first-order valence-electron chi connectivity index (χ1n) is 8.93. The number of nitrogens with zero attached hydrogens (tertiary/aromatic N) is 3. The molecule has 3 N–H and O–H groups in total. The van der Waals surface area contributed by atoms with Crippen LogP contribution in [0.2, 0.25) is 0 Å². The number of ether oxygens (including phenoxy) is 1. The summed E-state index contributed by atoms with van der Waals surface area (Å²) in [5.74, 6) is 0.902. The quantitative estimate of drug-likeness (QED) is 0.624. The van der Waals surface area contributed by atoms with Crippen LogP contribution in [0.1, 0.15) is 13.3 Å². The Labute approximate surface area is 145 Å². The van der Waals surface area contributed by atoms with Gasteiger partial charge < -0.3 is 30.3 Å². The molecule has 0 radical (unpaired) electrons. The maximum atomic E-state index is 8.96. The molecule has 0 aliphatic carbocycles.